The van der Waals surface area contributed by atoms with Crippen molar-refractivity contribution in [3.05, 3.63) is 63.9 Å². The molecule has 2 N–H and O–H groups in total. The van der Waals surface area contributed by atoms with Crippen molar-refractivity contribution >= 4 is 34.0 Å². The van der Waals surface area contributed by atoms with Crippen LogP contribution in [-0.2, 0) is 6.54 Å². The number of nitrogens with one attached hydrogen (secondary N) is 2. The van der Waals surface area contributed by atoms with Crippen LogP contribution in [0.3, 0.4) is 0 Å². The van der Waals surface area contributed by atoms with E-state index in [0.717, 1.165) is 31.6 Å². The molecule has 0 radical (unpaired) electrons. The summed E-state index contributed by atoms with van der Waals surface area (Å²) in [5, 5.41) is 12.9. The van der Waals surface area contributed by atoms with E-state index in [1.54, 1.807) is 24.3 Å². The molecule has 1 saturated heterocycles. The number of rotatable bonds is 5. The van der Waals surface area contributed by atoms with Crippen LogP contribution >= 0.6 is 22.9 Å². The minimum absolute atomic E-state index is 0.199. The Morgan fingerprint density at radius 1 is 1.46 bits per heavy atom. The summed E-state index contributed by atoms with van der Waals surface area (Å²) in [6.07, 6.45) is 5.99. The Bertz CT molecular complexity index is 895. The number of benzene rings is 1. The Morgan fingerprint density at radius 2 is 2.38 bits per heavy atom. The summed E-state index contributed by atoms with van der Waals surface area (Å²) < 4.78 is 0. The Hall–Kier alpha value is -2.22. The summed E-state index contributed by atoms with van der Waals surface area (Å²) in [6, 6.07) is 7.16. The molecule has 0 spiro atoms. The fraction of sp³-hybridized carbons (Fsp3) is 0.278. The van der Waals surface area contributed by atoms with Crippen LogP contribution in [0.4, 0.5) is 5.13 Å². The zero-order chi connectivity index (χ0) is 17.9. The highest BCUT2D eigenvalue weighted by Crippen LogP contribution is 2.34. The Kier molecular flexibility index (Phi) is 5.01. The van der Waals surface area contributed by atoms with Crippen LogP contribution in [0, 0.1) is 0 Å². The van der Waals surface area contributed by atoms with Crippen molar-refractivity contribution in [3.8, 4) is 0 Å². The van der Waals surface area contributed by atoms with Gasteiger partial charge >= 0.3 is 0 Å². The highest BCUT2D eigenvalue weighted by molar-refractivity contribution is 7.14. The molecule has 1 fully saturated rings. The number of hydrogen-bond acceptors (Lipinski definition) is 5. The van der Waals surface area contributed by atoms with E-state index < -0.39 is 0 Å². The summed E-state index contributed by atoms with van der Waals surface area (Å²) in [5.74, 6) is -0.199. The molecule has 1 aliphatic heterocycles. The third kappa shape index (κ3) is 3.80. The van der Waals surface area contributed by atoms with Crippen molar-refractivity contribution in [3.63, 3.8) is 0 Å². The second-order valence-electron chi connectivity index (χ2n) is 6.28. The zero-order valence-corrected chi connectivity index (χ0v) is 15.6. The van der Waals surface area contributed by atoms with E-state index in [4.69, 9.17) is 11.6 Å². The molecule has 4 rings (SSSR count). The normalized spacial score (nSPS) is 17.5. The first kappa shape index (κ1) is 17.2. The number of H-pyrrole nitrogens is 1. The molecule has 1 aromatic carbocycles. The molecule has 1 atom stereocenters. The molecular formula is C18H18ClN5OS. The molecule has 3 heterocycles. The number of nitrogens with zero attached hydrogens (tertiary/aromatic N) is 3. The second-order valence-corrected chi connectivity index (χ2v) is 7.57. The minimum atomic E-state index is -0.199. The van der Waals surface area contributed by atoms with Gasteiger partial charge in [-0.25, -0.2) is 4.98 Å². The van der Waals surface area contributed by atoms with Gasteiger partial charge in [0, 0.05) is 34.3 Å². The van der Waals surface area contributed by atoms with Crippen LogP contribution in [0.25, 0.3) is 0 Å². The molecule has 0 aliphatic carbocycles. The maximum Gasteiger partial charge on any atom is 0.257 e. The predicted molar refractivity (Wildman–Crippen MR) is 102 cm³/mol. The van der Waals surface area contributed by atoms with Crippen LogP contribution < -0.4 is 5.32 Å². The maximum absolute atomic E-state index is 12.3. The van der Waals surface area contributed by atoms with Gasteiger partial charge in [-0.3, -0.25) is 20.1 Å². The Labute approximate surface area is 160 Å². The maximum atomic E-state index is 12.3. The number of amides is 1. The van der Waals surface area contributed by atoms with Crippen molar-refractivity contribution in [2.24, 2.45) is 0 Å². The number of thiazole rings is 1. The number of carbonyl (C=O) groups excluding carboxylic acids is 1. The quantitative estimate of drug-likeness (QED) is 0.690. The molecule has 8 heteroatoms. The highest BCUT2D eigenvalue weighted by Gasteiger charge is 2.28. The lowest BCUT2D eigenvalue weighted by atomic mass is 10.1. The highest BCUT2D eigenvalue weighted by atomic mass is 35.5. The van der Waals surface area contributed by atoms with E-state index >= 15 is 0 Å². The van der Waals surface area contributed by atoms with E-state index in [-0.39, 0.29) is 11.9 Å². The third-order valence-electron chi connectivity index (χ3n) is 4.47. The summed E-state index contributed by atoms with van der Waals surface area (Å²) >= 11 is 7.40. The molecule has 0 bridgehead atoms. The van der Waals surface area contributed by atoms with Gasteiger partial charge < -0.3 is 0 Å². The molecule has 1 unspecified atom stereocenters. The van der Waals surface area contributed by atoms with Crippen LogP contribution in [-0.4, -0.2) is 32.5 Å². The fourth-order valence-electron chi connectivity index (χ4n) is 3.24. The average Bonchev–Trinajstić information content (AvgIpc) is 3.37. The summed E-state index contributed by atoms with van der Waals surface area (Å²) in [6.45, 7) is 1.89. The number of halogens is 1. The standard InChI is InChI=1S/C18H18ClN5OS/c19-14-4-1-3-13(7-14)17(25)23-18-22-15(11-26-18)16-5-2-6-24(16)10-12-8-20-21-9-12/h1,3-4,7-9,11,16H,2,5-6,10H2,(H,20,21)(H,22,23,25). The molecule has 1 aliphatic rings. The van der Waals surface area contributed by atoms with Crippen molar-refractivity contribution < 1.29 is 4.79 Å². The number of aromatic nitrogens is 3. The van der Waals surface area contributed by atoms with Gasteiger partial charge in [0.1, 0.15) is 0 Å². The average molecular weight is 388 g/mol. The lowest BCUT2D eigenvalue weighted by Gasteiger charge is -2.22. The van der Waals surface area contributed by atoms with Gasteiger partial charge in [0.25, 0.3) is 5.91 Å². The van der Waals surface area contributed by atoms with Gasteiger partial charge in [0.15, 0.2) is 5.13 Å². The van der Waals surface area contributed by atoms with E-state index in [0.29, 0.717) is 15.7 Å². The molecule has 2 aromatic heterocycles. The van der Waals surface area contributed by atoms with E-state index in [1.165, 1.54) is 16.9 Å². The van der Waals surface area contributed by atoms with Gasteiger partial charge in [-0.15, -0.1) is 11.3 Å². The fourth-order valence-corrected chi connectivity index (χ4v) is 4.19. The van der Waals surface area contributed by atoms with Gasteiger partial charge in [0.2, 0.25) is 0 Å². The van der Waals surface area contributed by atoms with Crippen LogP contribution in [0.2, 0.25) is 5.02 Å². The Balaban J connectivity index is 1.44. The molecule has 1 amide bonds. The van der Waals surface area contributed by atoms with Gasteiger partial charge in [0.05, 0.1) is 17.9 Å². The van der Waals surface area contributed by atoms with Crippen molar-refractivity contribution in [1.29, 1.82) is 0 Å². The molecule has 6 nitrogen and oxygen atoms in total. The lowest BCUT2D eigenvalue weighted by molar-refractivity contribution is 0.102. The number of hydrogen-bond donors (Lipinski definition) is 2. The topological polar surface area (TPSA) is 73.9 Å². The van der Waals surface area contributed by atoms with Crippen LogP contribution in [0.15, 0.2) is 42.0 Å². The number of likely N-dealkylation sites (tertiary alicyclic amines) is 1. The molecular weight excluding hydrogens is 370 g/mol. The molecule has 3 aromatic rings. The smallest absolute Gasteiger partial charge is 0.257 e. The van der Waals surface area contributed by atoms with Crippen molar-refractivity contribution in [1.82, 2.24) is 20.1 Å². The monoisotopic (exact) mass is 387 g/mol. The molecule has 0 saturated carbocycles. The third-order valence-corrected chi connectivity index (χ3v) is 5.49. The van der Waals surface area contributed by atoms with Gasteiger partial charge in [-0.05, 0) is 37.6 Å². The summed E-state index contributed by atoms with van der Waals surface area (Å²) in [4.78, 5) is 19.4. The van der Waals surface area contributed by atoms with Crippen molar-refractivity contribution in [2.45, 2.75) is 25.4 Å². The van der Waals surface area contributed by atoms with Gasteiger partial charge in [-0.1, -0.05) is 17.7 Å². The van der Waals surface area contributed by atoms with E-state index in [9.17, 15) is 4.79 Å². The number of anilines is 1. The number of carbonyl (C=O) groups is 1. The first-order chi connectivity index (χ1) is 12.7. The summed E-state index contributed by atoms with van der Waals surface area (Å²) in [7, 11) is 0. The Morgan fingerprint density at radius 3 is 3.19 bits per heavy atom. The first-order valence-electron chi connectivity index (χ1n) is 8.43. The van der Waals surface area contributed by atoms with Crippen LogP contribution in [0.1, 0.15) is 40.5 Å². The van der Waals surface area contributed by atoms with Crippen LogP contribution in [0.5, 0.6) is 0 Å². The zero-order valence-electron chi connectivity index (χ0n) is 14.0. The largest absolute Gasteiger partial charge is 0.298 e. The van der Waals surface area contributed by atoms with E-state index in [2.05, 4.69) is 25.4 Å². The minimum Gasteiger partial charge on any atom is -0.298 e. The van der Waals surface area contributed by atoms with Gasteiger partial charge in [-0.2, -0.15) is 5.10 Å². The lowest BCUT2D eigenvalue weighted by Crippen LogP contribution is -2.22. The van der Waals surface area contributed by atoms with Crippen molar-refractivity contribution in [2.75, 3.05) is 11.9 Å². The predicted octanol–water partition coefficient (Wildman–Crippen LogP) is 4.11. The number of aromatic amines is 1. The molecule has 26 heavy (non-hydrogen) atoms. The molecule has 134 valence electrons. The SMILES string of the molecule is O=C(Nc1nc(C2CCCN2Cc2cn[nH]c2)cs1)c1cccc(Cl)c1. The summed E-state index contributed by atoms with van der Waals surface area (Å²) in [5.41, 5.74) is 2.70. The second kappa shape index (κ2) is 7.57. The first-order valence-corrected chi connectivity index (χ1v) is 9.69. The van der Waals surface area contributed by atoms with E-state index in [1.807, 2.05) is 17.8 Å².